The summed E-state index contributed by atoms with van der Waals surface area (Å²) in [6, 6.07) is 12.6. The molecule has 3 saturated heterocycles. The molecule has 2 aromatic carbocycles. The Labute approximate surface area is 259 Å². The van der Waals surface area contributed by atoms with Crippen molar-refractivity contribution in [2.45, 2.75) is 44.6 Å². The number of carbonyl (C=O) groups is 1. The lowest BCUT2D eigenvalue weighted by atomic mass is 9.73. The van der Waals surface area contributed by atoms with Crippen LogP contribution in [0.25, 0.3) is 22.2 Å². The number of aromatic nitrogens is 2. The summed E-state index contributed by atoms with van der Waals surface area (Å²) >= 11 is 0. The summed E-state index contributed by atoms with van der Waals surface area (Å²) in [5, 5.41) is 10.6. The third kappa shape index (κ3) is 5.73. The van der Waals surface area contributed by atoms with Crippen molar-refractivity contribution in [3.63, 3.8) is 0 Å². The molecule has 2 bridgehead atoms. The van der Waals surface area contributed by atoms with Crippen LogP contribution in [0.1, 0.15) is 46.0 Å². The Hall–Kier alpha value is -4.15. The fourth-order valence-corrected chi connectivity index (χ4v) is 7.19. The molecule has 5 heterocycles. The van der Waals surface area contributed by atoms with E-state index in [0.29, 0.717) is 23.1 Å². The number of hydrogen-bond acceptors (Lipinski definition) is 6. The van der Waals surface area contributed by atoms with Gasteiger partial charge in [-0.25, -0.2) is 4.79 Å². The molecule has 0 spiro atoms. The van der Waals surface area contributed by atoms with E-state index in [1.807, 2.05) is 30.3 Å². The Morgan fingerprint density at radius 3 is 2.71 bits per heavy atom. The Morgan fingerprint density at radius 2 is 2.02 bits per heavy atom. The number of aliphatic hydroxyl groups excluding tert-OH is 1. The quantitative estimate of drug-likeness (QED) is 0.164. The smallest absolute Gasteiger partial charge is 0.417 e. The van der Waals surface area contributed by atoms with E-state index in [1.165, 1.54) is 29.0 Å². The molecular formula is C35H36F3N3O4. The zero-order valence-electron chi connectivity index (χ0n) is 25.3. The number of alkyl halides is 3. The van der Waals surface area contributed by atoms with Crippen LogP contribution < -0.4 is 4.74 Å². The molecule has 45 heavy (non-hydrogen) atoms. The van der Waals surface area contributed by atoms with Crippen molar-refractivity contribution in [1.82, 2.24) is 14.5 Å². The van der Waals surface area contributed by atoms with Crippen molar-refractivity contribution < 1.29 is 32.5 Å². The van der Waals surface area contributed by atoms with Gasteiger partial charge in [-0.2, -0.15) is 13.2 Å². The van der Waals surface area contributed by atoms with Gasteiger partial charge in [0, 0.05) is 42.0 Å². The maximum Gasteiger partial charge on any atom is 0.417 e. The fourth-order valence-electron chi connectivity index (χ4n) is 7.19. The van der Waals surface area contributed by atoms with Gasteiger partial charge in [-0.1, -0.05) is 24.3 Å². The number of halogens is 3. The molecule has 7 rings (SSSR count). The minimum absolute atomic E-state index is 0.00881. The fraction of sp³-hybridized carbons (Fsp3) is 0.371. The van der Waals surface area contributed by atoms with E-state index in [0.717, 1.165) is 48.5 Å². The van der Waals surface area contributed by atoms with Gasteiger partial charge in [0.15, 0.2) is 0 Å². The van der Waals surface area contributed by atoms with Gasteiger partial charge in [-0.3, -0.25) is 9.88 Å². The van der Waals surface area contributed by atoms with E-state index in [4.69, 9.17) is 9.47 Å². The minimum Gasteiger partial charge on any atom is -0.497 e. The summed E-state index contributed by atoms with van der Waals surface area (Å²) < 4.78 is 55.6. The van der Waals surface area contributed by atoms with Gasteiger partial charge in [0.05, 0.1) is 42.1 Å². The van der Waals surface area contributed by atoms with Crippen LogP contribution in [0.3, 0.4) is 0 Å². The predicted molar refractivity (Wildman–Crippen MR) is 165 cm³/mol. The lowest BCUT2D eigenvalue weighted by molar-refractivity contribution is -0.137. The Bertz CT molecular complexity index is 1730. The highest BCUT2D eigenvalue weighted by Gasteiger charge is 2.45. The van der Waals surface area contributed by atoms with E-state index in [9.17, 15) is 23.1 Å². The molecule has 10 heteroatoms. The number of aliphatic hydroxyl groups is 1. The average molecular weight is 620 g/mol. The Balaban J connectivity index is 1.44. The van der Waals surface area contributed by atoms with Gasteiger partial charge < -0.3 is 19.1 Å². The maximum absolute atomic E-state index is 14.2. The van der Waals surface area contributed by atoms with Crippen molar-refractivity contribution in [3.8, 4) is 17.0 Å². The number of ether oxygens (including phenoxy) is 2. The summed E-state index contributed by atoms with van der Waals surface area (Å²) in [4.78, 5) is 21.0. The summed E-state index contributed by atoms with van der Waals surface area (Å²) in [6.07, 6.45) is 1.74. The number of methoxy groups -OCH3 is 1. The van der Waals surface area contributed by atoms with Gasteiger partial charge >= 0.3 is 12.1 Å². The van der Waals surface area contributed by atoms with E-state index in [1.54, 1.807) is 20.2 Å². The molecule has 7 nitrogen and oxygen atoms in total. The molecule has 0 radical (unpaired) electrons. The first-order chi connectivity index (χ1) is 21.6. The van der Waals surface area contributed by atoms with E-state index in [2.05, 4.69) is 16.5 Å². The molecule has 1 unspecified atom stereocenters. The molecule has 4 aromatic rings. The summed E-state index contributed by atoms with van der Waals surface area (Å²) in [5.41, 5.74) is 1.35. The first-order valence-electron chi connectivity index (χ1n) is 15.1. The highest BCUT2D eigenvalue weighted by molar-refractivity contribution is 5.94. The van der Waals surface area contributed by atoms with Crippen LogP contribution in [0.5, 0.6) is 5.75 Å². The van der Waals surface area contributed by atoms with Crippen LogP contribution in [0.2, 0.25) is 0 Å². The summed E-state index contributed by atoms with van der Waals surface area (Å²) in [5.74, 6) is 0.755. The first-order valence-corrected chi connectivity index (χ1v) is 15.1. The van der Waals surface area contributed by atoms with Crippen LogP contribution in [0.15, 0.2) is 73.6 Å². The van der Waals surface area contributed by atoms with E-state index < -0.39 is 23.8 Å². The molecule has 3 aliphatic rings. The molecular weight excluding hydrogens is 583 g/mol. The van der Waals surface area contributed by atoms with Crippen LogP contribution in [0.4, 0.5) is 13.2 Å². The highest BCUT2D eigenvalue weighted by Crippen LogP contribution is 2.45. The molecule has 3 aliphatic heterocycles. The monoisotopic (exact) mass is 619 g/mol. The summed E-state index contributed by atoms with van der Waals surface area (Å²) in [7, 11) is 1.59. The number of nitrogens with zero attached hydrogens (tertiary/aromatic N) is 3. The average Bonchev–Trinajstić information content (AvgIpc) is 3.38. The van der Waals surface area contributed by atoms with Gasteiger partial charge in [-0.05, 0) is 74.0 Å². The number of carbonyl (C=O) groups excluding carboxylic acids is 1. The normalized spacial score (nSPS) is 21.9. The predicted octanol–water partition coefficient (Wildman–Crippen LogP) is 6.83. The first kappa shape index (κ1) is 30.9. The van der Waals surface area contributed by atoms with Gasteiger partial charge in [0.1, 0.15) is 11.9 Å². The van der Waals surface area contributed by atoms with Crippen molar-refractivity contribution in [2.24, 2.45) is 11.8 Å². The number of hydrogen-bond donors (Lipinski definition) is 1. The molecule has 1 N–H and O–H groups in total. The second-order valence-corrected chi connectivity index (χ2v) is 11.8. The SMILES string of the molecule is C=C[C@H]1CN2CC[C@H]1C[C@H]2[C@H](OC(=O)c1cn(CCO)c(-c2ccccc2C(F)(F)F)c1C)c1ccnc2ccc(OC)cc12. The highest BCUT2D eigenvalue weighted by atomic mass is 19.4. The largest absolute Gasteiger partial charge is 0.497 e. The van der Waals surface area contributed by atoms with Crippen molar-refractivity contribution >= 4 is 16.9 Å². The summed E-state index contributed by atoms with van der Waals surface area (Å²) in [6.45, 7) is 7.02. The topological polar surface area (TPSA) is 76.8 Å². The second-order valence-electron chi connectivity index (χ2n) is 11.8. The molecule has 236 valence electrons. The third-order valence-electron chi connectivity index (χ3n) is 9.41. The van der Waals surface area contributed by atoms with Crippen molar-refractivity contribution in [3.05, 3.63) is 95.8 Å². The lowest BCUT2D eigenvalue weighted by Crippen LogP contribution is -2.55. The molecule has 2 aromatic heterocycles. The molecule has 3 fully saturated rings. The van der Waals surface area contributed by atoms with Crippen LogP contribution in [-0.2, 0) is 17.5 Å². The number of esters is 1. The molecule has 5 atom stereocenters. The minimum atomic E-state index is -4.61. The number of benzene rings is 2. The molecule has 0 saturated carbocycles. The molecule has 0 amide bonds. The van der Waals surface area contributed by atoms with Gasteiger partial charge in [-0.15, -0.1) is 6.58 Å². The van der Waals surface area contributed by atoms with E-state index in [-0.39, 0.29) is 36.0 Å². The number of fused-ring (bicyclic) bond motifs is 4. The molecule has 0 aliphatic carbocycles. The number of pyridine rings is 1. The van der Waals surface area contributed by atoms with Crippen LogP contribution in [0, 0.1) is 18.8 Å². The zero-order chi connectivity index (χ0) is 31.9. The van der Waals surface area contributed by atoms with Crippen LogP contribution >= 0.6 is 0 Å². The third-order valence-corrected chi connectivity index (χ3v) is 9.41. The zero-order valence-corrected chi connectivity index (χ0v) is 25.3. The Kier molecular flexibility index (Phi) is 8.45. The number of piperidine rings is 3. The van der Waals surface area contributed by atoms with E-state index >= 15 is 0 Å². The van der Waals surface area contributed by atoms with Gasteiger partial charge in [0.2, 0.25) is 0 Å². The second kappa shape index (κ2) is 12.3. The lowest BCUT2D eigenvalue weighted by Gasteiger charge is -2.51. The van der Waals surface area contributed by atoms with Gasteiger partial charge in [0.25, 0.3) is 0 Å². The van der Waals surface area contributed by atoms with Crippen molar-refractivity contribution in [2.75, 3.05) is 26.8 Å². The van der Waals surface area contributed by atoms with Crippen molar-refractivity contribution in [1.29, 1.82) is 0 Å². The number of rotatable bonds is 9. The Morgan fingerprint density at radius 1 is 1.22 bits per heavy atom. The standard InChI is InChI=1S/C35H36F3N3O4/c1-4-22-19-40-14-12-23(22)17-31(40)33(25-11-13-39-30-10-9-24(44-3)18-27(25)30)45-34(43)28-20-41(15-16-42)32(21(28)2)26-7-5-6-8-29(26)35(36,37)38/h4-11,13,18,20,22-23,31,33,42H,1,12,14-17,19H2,2-3H3/t22-,23-,31-,33+/m0/s1. The van der Waals surface area contributed by atoms with Crippen LogP contribution in [-0.4, -0.2) is 58.4 Å². The maximum atomic E-state index is 14.2.